The maximum Gasteiger partial charge on any atom is 0.237 e. The molecule has 0 aromatic heterocycles. The Morgan fingerprint density at radius 3 is 2.12 bits per heavy atom. The minimum Gasteiger partial charge on any atom is -0.497 e. The van der Waals surface area contributed by atoms with E-state index in [0.29, 0.717) is 19.5 Å². The van der Waals surface area contributed by atoms with Crippen molar-refractivity contribution < 1.29 is 19.2 Å². The third-order valence-electron chi connectivity index (χ3n) is 5.89. The molecule has 0 saturated carbocycles. The SMILES string of the molecule is COc1ccc(N2CC[NH+](CN3C(=O)[C@@H]4CC=CC[C@H]4C3=O)CC2)cc1. The molecule has 0 spiro atoms. The number of nitrogens with one attached hydrogen (secondary N) is 1. The first-order chi connectivity index (χ1) is 12.7. The van der Waals surface area contributed by atoms with E-state index in [0.717, 1.165) is 31.9 Å². The molecule has 1 N–H and O–H groups in total. The molecule has 2 saturated heterocycles. The fraction of sp³-hybridized carbons (Fsp3) is 0.500. The molecular formula is C20H26N3O3+. The minimum atomic E-state index is -0.118. The third kappa shape index (κ3) is 3.09. The van der Waals surface area contributed by atoms with Crippen molar-refractivity contribution in [1.29, 1.82) is 0 Å². The predicted octanol–water partition coefficient (Wildman–Crippen LogP) is 0.309. The number of ether oxygens (including phenoxy) is 1. The van der Waals surface area contributed by atoms with E-state index in [9.17, 15) is 9.59 Å². The number of allylic oxidation sites excluding steroid dienone is 2. The number of nitrogens with zero attached hydrogens (tertiary/aromatic N) is 2. The van der Waals surface area contributed by atoms with E-state index in [1.54, 1.807) is 7.11 Å². The Hall–Kier alpha value is -2.34. The summed E-state index contributed by atoms with van der Waals surface area (Å²) >= 11 is 0. The summed E-state index contributed by atoms with van der Waals surface area (Å²) in [6.07, 6.45) is 5.51. The topological polar surface area (TPSA) is 54.3 Å². The molecule has 0 bridgehead atoms. The number of carbonyl (C=O) groups excluding carboxylic acids is 2. The monoisotopic (exact) mass is 356 g/mol. The number of carbonyl (C=O) groups is 2. The van der Waals surface area contributed by atoms with Crippen LogP contribution in [0.3, 0.4) is 0 Å². The maximum atomic E-state index is 12.6. The highest BCUT2D eigenvalue weighted by Crippen LogP contribution is 2.34. The second-order valence-corrected chi connectivity index (χ2v) is 7.35. The van der Waals surface area contributed by atoms with Gasteiger partial charge in [-0.15, -0.1) is 0 Å². The summed E-state index contributed by atoms with van der Waals surface area (Å²) < 4.78 is 5.21. The number of fused-ring (bicyclic) bond motifs is 1. The van der Waals surface area contributed by atoms with E-state index in [1.165, 1.54) is 15.5 Å². The van der Waals surface area contributed by atoms with Crippen LogP contribution in [-0.2, 0) is 9.59 Å². The summed E-state index contributed by atoms with van der Waals surface area (Å²) in [4.78, 5) is 30.4. The van der Waals surface area contributed by atoms with Gasteiger partial charge in [-0.25, -0.2) is 4.90 Å². The Bertz CT molecular complexity index is 682. The first-order valence-corrected chi connectivity index (χ1v) is 9.40. The molecule has 0 unspecified atom stereocenters. The van der Waals surface area contributed by atoms with Crippen LogP contribution in [0, 0.1) is 11.8 Å². The van der Waals surface area contributed by atoms with Crippen LogP contribution in [0.25, 0.3) is 0 Å². The molecule has 3 aliphatic rings. The van der Waals surface area contributed by atoms with E-state index in [2.05, 4.69) is 17.0 Å². The number of benzene rings is 1. The maximum absolute atomic E-state index is 12.6. The van der Waals surface area contributed by atoms with Crippen LogP contribution in [0.4, 0.5) is 5.69 Å². The molecule has 2 heterocycles. The molecule has 2 amide bonds. The third-order valence-corrected chi connectivity index (χ3v) is 5.89. The largest absolute Gasteiger partial charge is 0.497 e. The van der Waals surface area contributed by atoms with Gasteiger partial charge in [0.25, 0.3) is 0 Å². The quantitative estimate of drug-likeness (QED) is 0.623. The molecule has 2 fully saturated rings. The van der Waals surface area contributed by atoms with E-state index in [-0.39, 0.29) is 23.7 Å². The summed E-state index contributed by atoms with van der Waals surface area (Å²) in [6, 6.07) is 8.11. The van der Waals surface area contributed by atoms with Crippen LogP contribution in [-0.4, -0.2) is 56.7 Å². The molecule has 2 atom stereocenters. The molecule has 1 aliphatic carbocycles. The average molecular weight is 356 g/mol. The van der Waals surface area contributed by atoms with Crippen molar-refractivity contribution in [2.45, 2.75) is 12.8 Å². The van der Waals surface area contributed by atoms with Crippen molar-refractivity contribution in [1.82, 2.24) is 4.90 Å². The van der Waals surface area contributed by atoms with E-state index in [4.69, 9.17) is 4.74 Å². The van der Waals surface area contributed by atoms with Crippen LogP contribution in [0.2, 0.25) is 0 Å². The second-order valence-electron chi connectivity index (χ2n) is 7.35. The number of quaternary nitrogens is 1. The van der Waals surface area contributed by atoms with Gasteiger partial charge in [-0.1, -0.05) is 12.2 Å². The standard InChI is InChI=1S/C20H25N3O3/c1-26-16-8-6-15(7-9-16)22-12-10-21(11-13-22)14-23-19(24)17-4-2-3-5-18(17)20(23)25/h2-3,6-9,17-18H,4-5,10-14H2,1H3/p+1/t17-,18-/m1/s1. The Balaban J connectivity index is 1.34. The highest BCUT2D eigenvalue weighted by atomic mass is 16.5. The number of anilines is 1. The predicted molar refractivity (Wildman–Crippen MR) is 98.0 cm³/mol. The lowest BCUT2D eigenvalue weighted by atomic mass is 9.85. The lowest BCUT2D eigenvalue weighted by Gasteiger charge is -2.35. The van der Waals surface area contributed by atoms with Crippen molar-refractivity contribution in [2.24, 2.45) is 11.8 Å². The second kappa shape index (κ2) is 7.11. The van der Waals surface area contributed by atoms with Gasteiger partial charge < -0.3 is 14.5 Å². The lowest BCUT2D eigenvalue weighted by molar-refractivity contribution is -0.908. The van der Waals surface area contributed by atoms with Crippen molar-refractivity contribution in [3.05, 3.63) is 36.4 Å². The Morgan fingerprint density at radius 2 is 1.58 bits per heavy atom. The number of amides is 2. The van der Waals surface area contributed by atoms with Gasteiger partial charge in [0.05, 0.1) is 45.1 Å². The van der Waals surface area contributed by atoms with Gasteiger partial charge in [-0.05, 0) is 37.1 Å². The summed E-state index contributed by atoms with van der Waals surface area (Å²) in [6.45, 7) is 4.22. The molecular weight excluding hydrogens is 330 g/mol. The molecule has 6 nitrogen and oxygen atoms in total. The number of rotatable bonds is 4. The smallest absolute Gasteiger partial charge is 0.237 e. The highest BCUT2D eigenvalue weighted by molar-refractivity contribution is 6.05. The van der Waals surface area contributed by atoms with Crippen molar-refractivity contribution in [3.8, 4) is 5.75 Å². The number of methoxy groups -OCH3 is 1. The molecule has 1 aromatic rings. The van der Waals surface area contributed by atoms with E-state index >= 15 is 0 Å². The molecule has 4 rings (SSSR count). The van der Waals surface area contributed by atoms with Crippen molar-refractivity contribution in [3.63, 3.8) is 0 Å². The van der Waals surface area contributed by atoms with Gasteiger partial charge >= 0.3 is 0 Å². The highest BCUT2D eigenvalue weighted by Gasteiger charge is 2.48. The molecule has 2 aliphatic heterocycles. The van der Waals surface area contributed by atoms with E-state index in [1.807, 2.05) is 24.3 Å². The number of hydrogen-bond donors (Lipinski definition) is 1. The van der Waals surface area contributed by atoms with Crippen LogP contribution in [0.1, 0.15) is 12.8 Å². The summed E-state index contributed by atoms with van der Waals surface area (Å²) in [5.41, 5.74) is 1.19. The number of piperazine rings is 1. The van der Waals surface area contributed by atoms with Gasteiger partial charge in [0.2, 0.25) is 11.8 Å². The summed E-state index contributed by atoms with van der Waals surface area (Å²) in [5, 5.41) is 0. The zero-order valence-corrected chi connectivity index (χ0v) is 15.2. The Labute approximate surface area is 154 Å². The molecule has 0 radical (unpaired) electrons. The average Bonchev–Trinajstić information content (AvgIpc) is 2.94. The normalized spacial score (nSPS) is 26.3. The van der Waals surface area contributed by atoms with Gasteiger partial charge in [-0.2, -0.15) is 0 Å². The van der Waals surface area contributed by atoms with Crippen LogP contribution < -0.4 is 14.5 Å². The first-order valence-electron chi connectivity index (χ1n) is 9.40. The van der Waals surface area contributed by atoms with Crippen LogP contribution >= 0.6 is 0 Å². The van der Waals surface area contributed by atoms with Crippen molar-refractivity contribution >= 4 is 17.5 Å². The molecule has 138 valence electrons. The lowest BCUT2D eigenvalue weighted by Crippen LogP contribution is -3.16. The zero-order chi connectivity index (χ0) is 18.1. The van der Waals surface area contributed by atoms with Gasteiger partial charge in [0.15, 0.2) is 6.67 Å². The zero-order valence-electron chi connectivity index (χ0n) is 15.2. The fourth-order valence-corrected chi connectivity index (χ4v) is 4.28. The van der Waals surface area contributed by atoms with Gasteiger partial charge in [-0.3, -0.25) is 9.59 Å². The fourth-order valence-electron chi connectivity index (χ4n) is 4.28. The molecule has 26 heavy (non-hydrogen) atoms. The molecule has 6 heteroatoms. The van der Waals surface area contributed by atoms with Gasteiger partial charge in [0.1, 0.15) is 5.75 Å². The van der Waals surface area contributed by atoms with E-state index < -0.39 is 0 Å². The Morgan fingerprint density at radius 1 is 1.00 bits per heavy atom. The van der Waals surface area contributed by atoms with Gasteiger partial charge in [0, 0.05) is 5.69 Å². The summed E-state index contributed by atoms with van der Waals surface area (Å²) in [5.74, 6) is 0.698. The van der Waals surface area contributed by atoms with Crippen LogP contribution in [0.5, 0.6) is 5.75 Å². The van der Waals surface area contributed by atoms with Crippen molar-refractivity contribution in [2.75, 3.05) is 44.9 Å². The first kappa shape index (κ1) is 17.1. The minimum absolute atomic E-state index is 0.0365. The number of imide groups is 1. The Kier molecular flexibility index (Phi) is 4.68. The molecule has 1 aromatic carbocycles. The number of likely N-dealkylation sites (tertiary alicyclic amines) is 1. The number of hydrogen-bond acceptors (Lipinski definition) is 4. The van der Waals surface area contributed by atoms with Crippen LogP contribution in [0.15, 0.2) is 36.4 Å². The summed E-state index contributed by atoms with van der Waals surface area (Å²) in [7, 11) is 1.67.